The third-order valence-electron chi connectivity index (χ3n) is 2.12. The van der Waals surface area contributed by atoms with E-state index in [0.29, 0.717) is 13.2 Å². The molecule has 16 heavy (non-hydrogen) atoms. The van der Waals surface area contributed by atoms with Crippen LogP contribution in [0.15, 0.2) is 24.3 Å². The molecule has 0 saturated heterocycles. The Bertz CT molecular complexity index is 338. The molecule has 1 aromatic rings. The molecule has 0 radical (unpaired) electrons. The number of nitrogens with zero attached hydrogens (tertiary/aromatic N) is 1. The summed E-state index contributed by atoms with van der Waals surface area (Å²) in [6, 6.07) is 6.34. The van der Waals surface area contributed by atoms with E-state index in [4.69, 9.17) is 4.74 Å². The van der Waals surface area contributed by atoms with Gasteiger partial charge in [0.15, 0.2) is 0 Å². The van der Waals surface area contributed by atoms with Crippen LogP contribution in [0.1, 0.15) is 13.8 Å². The Labute approximate surface area is 94.6 Å². The standard InChI is InChI=1S/C11H16N2O3/c1-3-16-9(2)8-12-10-4-6-11(7-5-10)13(14)15/h4-7,9,12H,3,8H2,1-2H3. The van der Waals surface area contributed by atoms with Crippen molar-refractivity contribution in [2.45, 2.75) is 20.0 Å². The Hall–Kier alpha value is -1.62. The largest absolute Gasteiger partial charge is 0.382 e. The van der Waals surface area contributed by atoms with Crippen molar-refractivity contribution in [3.63, 3.8) is 0 Å². The Balaban J connectivity index is 2.46. The Morgan fingerprint density at radius 3 is 2.56 bits per heavy atom. The Kier molecular flexibility index (Phi) is 4.72. The lowest BCUT2D eigenvalue weighted by atomic mass is 10.2. The summed E-state index contributed by atoms with van der Waals surface area (Å²) in [5, 5.41) is 13.6. The number of benzene rings is 1. The van der Waals surface area contributed by atoms with Crippen LogP contribution < -0.4 is 5.32 Å². The zero-order valence-corrected chi connectivity index (χ0v) is 9.47. The van der Waals surface area contributed by atoms with Crippen molar-refractivity contribution in [2.24, 2.45) is 0 Å². The number of nitro benzene ring substituents is 1. The van der Waals surface area contributed by atoms with Gasteiger partial charge in [-0.25, -0.2) is 0 Å². The molecule has 1 unspecified atom stereocenters. The quantitative estimate of drug-likeness (QED) is 0.595. The van der Waals surface area contributed by atoms with Gasteiger partial charge in [0, 0.05) is 31.0 Å². The second-order valence-electron chi connectivity index (χ2n) is 3.45. The Morgan fingerprint density at radius 1 is 1.44 bits per heavy atom. The molecule has 5 heteroatoms. The van der Waals surface area contributed by atoms with Crippen molar-refractivity contribution in [3.8, 4) is 0 Å². The van der Waals surface area contributed by atoms with Gasteiger partial charge >= 0.3 is 0 Å². The summed E-state index contributed by atoms with van der Waals surface area (Å²) < 4.78 is 5.35. The van der Waals surface area contributed by atoms with E-state index in [2.05, 4.69) is 5.32 Å². The van der Waals surface area contributed by atoms with Crippen molar-refractivity contribution in [3.05, 3.63) is 34.4 Å². The van der Waals surface area contributed by atoms with Gasteiger partial charge in [0.05, 0.1) is 11.0 Å². The first kappa shape index (κ1) is 12.4. The van der Waals surface area contributed by atoms with E-state index in [9.17, 15) is 10.1 Å². The summed E-state index contributed by atoms with van der Waals surface area (Å²) in [6.07, 6.45) is 0.125. The van der Waals surface area contributed by atoms with Gasteiger partial charge in [0.2, 0.25) is 0 Å². The van der Waals surface area contributed by atoms with Crippen molar-refractivity contribution >= 4 is 11.4 Å². The van der Waals surface area contributed by atoms with Gasteiger partial charge in [-0.05, 0) is 26.0 Å². The number of non-ortho nitro benzene ring substituents is 1. The number of ether oxygens (including phenoxy) is 1. The summed E-state index contributed by atoms with van der Waals surface area (Å²) in [4.78, 5) is 10.0. The number of hydrogen-bond donors (Lipinski definition) is 1. The molecule has 0 heterocycles. The van der Waals surface area contributed by atoms with Crippen LogP contribution in [0.5, 0.6) is 0 Å². The number of nitro groups is 1. The maximum absolute atomic E-state index is 10.4. The van der Waals surface area contributed by atoms with Crippen LogP contribution >= 0.6 is 0 Å². The molecule has 0 saturated carbocycles. The molecule has 1 rings (SSSR count). The molecule has 1 aromatic carbocycles. The highest BCUT2D eigenvalue weighted by molar-refractivity contribution is 5.48. The molecular weight excluding hydrogens is 208 g/mol. The van der Waals surface area contributed by atoms with Gasteiger partial charge in [-0.3, -0.25) is 10.1 Å². The number of hydrogen-bond acceptors (Lipinski definition) is 4. The maximum atomic E-state index is 10.4. The van der Waals surface area contributed by atoms with Gasteiger partial charge in [-0.2, -0.15) is 0 Å². The summed E-state index contributed by atoms with van der Waals surface area (Å²) in [5.41, 5.74) is 0.959. The second-order valence-corrected chi connectivity index (χ2v) is 3.45. The average molecular weight is 224 g/mol. The van der Waals surface area contributed by atoms with Gasteiger partial charge in [0.25, 0.3) is 5.69 Å². The molecular formula is C11H16N2O3. The van der Waals surface area contributed by atoms with Crippen LogP contribution in [0.2, 0.25) is 0 Å². The molecule has 0 aliphatic rings. The first-order chi connectivity index (χ1) is 7.63. The van der Waals surface area contributed by atoms with Gasteiger partial charge in [-0.1, -0.05) is 0 Å². The van der Waals surface area contributed by atoms with E-state index in [1.165, 1.54) is 12.1 Å². The van der Waals surface area contributed by atoms with Gasteiger partial charge < -0.3 is 10.1 Å². The summed E-state index contributed by atoms with van der Waals surface area (Å²) in [5.74, 6) is 0. The third-order valence-corrected chi connectivity index (χ3v) is 2.12. The summed E-state index contributed by atoms with van der Waals surface area (Å²) >= 11 is 0. The minimum Gasteiger partial charge on any atom is -0.382 e. The fourth-order valence-corrected chi connectivity index (χ4v) is 1.31. The molecule has 0 aromatic heterocycles. The second kappa shape index (κ2) is 6.07. The topological polar surface area (TPSA) is 64.4 Å². The highest BCUT2D eigenvalue weighted by Crippen LogP contribution is 2.15. The minimum absolute atomic E-state index is 0.100. The maximum Gasteiger partial charge on any atom is 0.269 e. The van der Waals surface area contributed by atoms with E-state index >= 15 is 0 Å². The minimum atomic E-state index is -0.410. The van der Waals surface area contributed by atoms with Crippen LogP contribution in [-0.2, 0) is 4.74 Å². The van der Waals surface area contributed by atoms with Gasteiger partial charge in [0.1, 0.15) is 0 Å². The highest BCUT2D eigenvalue weighted by Gasteiger charge is 2.04. The molecule has 0 aliphatic carbocycles. The fraction of sp³-hybridized carbons (Fsp3) is 0.455. The Morgan fingerprint density at radius 2 is 2.06 bits per heavy atom. The van der Waals surface area contributed by atoms with Crippen molar-refractivity contribution in [1.29, 1.82) is 0 Å². The van der Waals surface area contributed by atoms with Crippen LogP contribution in [0.3, 0.4) is 0 Å². The normalized spacial score (nSPS) is 12.1. The molecule has 5 nitrogen and oxygen atoms in total. The lowest BCUT2D eigenvalue weighted by Crippen LogP contribution is -2.19. The predicted octanol–water partition coefficient (Wildman–Crippen LogP) is 2.43. The first-order valence-corrected chi connectivity index (χ1v) is 5.23. The molecule has 0 aliphatic heterocycles. The monoisotopic (exact) mass is 224 g/mol. The van der Waals surface area contributed by atoms with Crippen LogP contribution in [0, 0.1) is 10.1 Å². The predicted molar refractivity (Wildman–Crippen MR) is 62.7 cm³/mol. The number of anilines is 1. The van der Waals surface area contributed by atoms with Crippen molar-refractivity contribution < 1.29 is 9.66 Å². The van der Waals surface area contributed by atoms with E-state index in [1.54, 1.807) is 12.1 Å². The zero-order valence-electron chi connectivity index (χ0n) is 9.47. The lowest BCUT2D eigenvalue weighted by molar-refractivity contribution is -0.384. The van der Waals surface area contributed by atoms with E-state index in [-0.39, 0.29) is 11.8 Å². The molecule has 88 valence electrons. The van der Waals surface area contributed by atoms with Crippen molar-refractivity contribution in [2.75, 3.05) is 18.5 Å². The average Bonchev–Trinajstić information content (AvgIpc) is 2.27. The summed E-state index contributed by atoms with van der Waals surface area (Å²) in [6.45, 7) is 5.29. The van der Waals surface area contributed by atoms with Crippen LogP contribution in [0.4, 0.5) is 11.4 Å². The third kappa shape index (κ3) is 3.86. The van der Waals surface area contributed by atoms with E-state index in [0.717, 1.165) is 5.69 Å². The van der Waals surface area contributed by atoms with Gasteiger partial charge in [-0.15, -0.1) is 0 Å². The SMILES string of the molecule is CCOC(C)CNc1ccc([N+](=O)[O-])cc1. The highest BCUT2D eigenvalue weighted by atomic mass is 16.6. The number of rotatable bonds is 6. The zero-order chi connectivity index (χ0) is 12.0. The smallest absolute Gasteiger partial charge is 0.269 e. The molecule has 0 fully saturated rings. The van der Waals surface area contributed by atoms with Crippen LogP contribution in [0.25, 0.3) is 0 Å². The lowest BCUT2D eigenvalue weighted by Gasteiger charge is -2.13. The molecule has 1 N–H and O–H groups in total. The summed E-state index contributed by atoms with van der Waals surface area (Å²) in [7, 11) is 0. The van der Waals surface area contributed by atoms with E-state index in [1.807, 2.05) is 13.8 Å². The molecule has 0 bridgehead atoms. The molecule has 1 atom stereocenters. The van der Waals surface area contributed by atoms with Crippen molar-refractivity contribution in [1.82, 2.24) is 0 Å². The van der Waals surface area contributed by atoms with E-state index < -0.39 is 4.92 Å². The molecule has 0 spiro atoms. The first-order valence-electron chi connectivity index (χ1n) is 5.23. The number of nitrogens with one attached hydrogen (secondary N) is 1. The van der Waals surface area contributed by atoms with Crippen LogP contribution in [-0.4, -0.2) is 24.2 Å². The fourth-order valence-electron chi connectivity index (χ4n) is 1.31. The molecule has 0 amide bonds.